The van der Waals surface area contributed by atoms with Crippen molar-refractivity contribution in [2.75, 3.05) is 31.6 Å². The third kappa shape index (κ3) is 4.55. The van der Waals surface area contributed by atoms with Crippen LogP contribution in [-0.4, -0.2) is 57.5 Å². The van der Waals surface area contributed by atoms with Gasteiger partial charge in [0, 0.05) is 35.5 Å². The average Bonchev–Trinajstić information content (AvgIpc) is 3.52. The quantitative estimate of drug-likeness (QED) is 0.327. The second-order valence-electron chi connectivity index (χ2n) is 9.93. The van der Waals surface area contributed by atoms with E-state index in [1.165, 1.54) is 0 Å². The zero-order chi connectivity index (χ0) is 25.7. The topological polar surface area (TPSA) is 50.1 Å². The van der Waals surface area contributed by atoms with Crippen molar-refractivity contribution in [3.63, 3.8) is 0 Å². The van der Waals surface area contributed by atoms with Crippen molar-refractivity contribution in [1.82, 2.24) is 24.6 Å². The van der Waals surface area contributed by atoms with E-state index in [-0.39, 0.29) is 18.5 Å². The van der Waals surface area contributed by atoms with Crippen LogP contribution in [0.4, 0.5) is 19.0 Å². The molecule has 2 aliphatic rings. The zero-order valence-electron chi connectivity index (χ0n) is 20.3. The fourth-order valence-corrected chi connectivity index (χ4v) is 5.74. The number of hydrogen-bond donors (Lipinski definition) is 0. The number of fused-ring (bicyclic) bond motifs is 1. The van der Waals surface area contributed by atoms with E-state index in [2.05, 4.69) is 22.0 Å². The Morgan fingerprint density at radius 3 is 2.68 bits per heavy atom. The summed E-state index contributed by atoms with van der Waals surface area (Å²) >= 11 is 6.64. The number of pyridine rings is 2. The van der Waals surface area contributed by atoms with Crippen LogP contribution >= 0.6 is 11.6 Å². The highest BCUT2D eigenvalue weighted by atomic mass is 35.5. The number of piperidine rings is 1. The predicted molar refractivity (Wildman–Crippen MR) is 137 cm³/mol. The van der Waals surface area contributed by atoms with Gasteiger partial charge in [0.15, 0.2) is 0 Å². The van der Waals surface area contributed by atoms with Gasteiger partial charge in [-0.2, -0.15) is 5.10 Å². The van der Waals surface area contributed by atoms with Crippen LogP contribution in [0.1, 0.15) is 36.9 Å². The molecular weight excluding hydrogens is 501 g/mol. The van der Waals surface area contributed by atoms with Gasteiger partial charge in [0.1, 0.15) is 29.1 Å². The summed E-state index contributed by atoms with van der Waals surface area (Å²) in [5.74, 6) is -0.683. The van der Waals surface area contributed by atoms with Gasteiger partial charge in [-0.1, -0.05) is 11.6 Å². The molecule has 0 N–H and O–H groups in total. The minimum atomic E-state index is -1.20. The smallest absolute Gasteiger partial charge is 0.130 e. The van der Waals surface area contributed by atoms with Crippen molar-refractivity contribution in [2.24, 2.45) is 0 Å². The average molecular weight is 527 g/mol. The molecule has 2 atom stereocenters. The van der Waals surface area contributed by atoms with Crippen LogP contribution in [0, 0.1) is 11.6 Å². The van der Waals surface area contributed by atoms with Crippen molar-refractivity contribution in [2.45, 2.75) is 37.5 Å². The first-order chi connectivity index (χ1) is 17.9. The normalized spacial score (nSPS) is 21.3. The lowest BCUT2D eigenvalue weighted by Gasteiger charge is -2.29. The summed E-state index contributed by atoms with van der Waals surface area (Å²) in [5, 5.41) is 5.05. The fourth-order valence-electron chi connectivity index (χ4n) is 5.50. The first-order valence-corrected chi connectivity index (χ1v) is 12.8. The molecule has 3 aromatic heterocycles. The van der Waals surface area contributed by atoms with Crippen LogP contribution < -0.4 is 4.90 Å². The first kappa shape index (κ1) is 24.2. The van der Waals surface area contributed by atoms with E-state index in [0.29, 0.717) is 33.5 Å². The second-order valence-corrected chi connectivity index (χ2v) is 10.3. The Balaban J connectivity index is 1.40. The van der Waals surface area contributed by atoms with Crippen LogP contribution in [0.3, 0.4) is 0 Å². The maximum Gasteiger partial charge on any atom is 0.130 e. The standard InChI is InChI=1S/C27H26ClF3N6/c1-35-8-6-19(7-9-35)37-14-16(12-33-37)26-21(28)13-32-23-4-5-25(34-27(23)26)36-15-18(30)11-24(36)20-10-17(29)2-3-22(20)31/h2-5,10,12-14,18-19,24H,6-9,11,15H2,1H3/t18-,24+/m0/s1. The third-order valence-electron chi connectivity index (χ3n) is 7.47. The molecule has 2 saturated heterocycles. The monoisotopic (exact) mass is 526 g/mol. The number of rotatable bonds is 4. The van der Waals surface area contributed by atoms with Crippen molar-refractivity contribution in [1.29, 1.82) is 0 Å². The Hall–Kier alpha value is -3.17. The Bertz CT molecular complexity index is 1450. The maximum absolute atomic E-state index is 14.6. The van der Waals surface area contributed by atoms with Crippen molar-refractivity contribution < 1.29 is 13.2 Å². The van der Waals surface area contributed by atoms with Crippen LogP contribution in [-0.2, 0) is 0 Å². The summed E-state index contributed by atoms with van der Waals surface area (Å²) in [6.07, 6.45) is 6.24. The summed E-state index contributed by atoms with van der Waals surface area (Å²) in [6.45, 7) is 2.06. The summed E-state index contributed by atoms with van der Waals surface area (Å²) in [6, 6.07) is 6.43. The predicted octanol–water partition coefficient (Wildman–Crippen LogP) is 5.98. The van der Waals surface area contributed by atoms with Crippen molar-refractivity contribution in [3.8, 4) is 11.1 Å². The molecule has 0 aliphatic carbocycles. The molecule has 6 nitrogen and oxygen atoms in total. The lowest BCUT2D eigenvalue weighted by molar-refractivity contribution is 0.212. The minimum Gasteiger partial charge on any atom is -0.346 e. The number of benzene rings is 1. The molecule has 6 rings (SSSR count). The Morgan fingerprint density at radius 2 is 1.86 bits per heavy atom. The third-order valence-corrected chi connectivity index (χ3v) is 7.75. The number of alkyl halides is 1. The highest BCUT2D eigenvalue weighted by Crippen LogP contribution is 2.40. The number of aromatic nitrogens is 4. The molecule has 0 amide bonds. The van der Waals surface area contributed by atoms with Crippen molar-refractivity contribution in [3.05, 3.63) is 71.1 Å². The van der Waals surface area contributed by atoms with Crippen LogP contribution in [0.25, 0.3) is 22.2 Å². The van der Waals surface area contributed by atoms with Gasteiger partial charge in [-0.3, -0.25) is 9.67 Å². The number of nitrogens with zero attached hydrogens (tertiary/aromatic N) is 6. The van der Waals surface area contributed by atoms with Gasteiger partial charge < -0.3 is 9.80 Å². The van der Waals surface area contributed by atoms with Gasteiger partial charge in [0.25, 0.3) is 0 Å². The minimum absolute atomic E-state index is 0.0243. The first-order valence-electron chi connectivity index (χ1n) is 12.4. The highest BCUT2D eigenvalue weighted by Gasteiger charge is 2.36. The number of halogens is 4. The number of likely N-dealkylation sites (tertiary alicyclic amines) is 1. The molecule has 4 aromatic rings. The van der Waals surface area contributed by atoms with E-state index in [9.17, 15) is 13.2 Å². The molecule has 0 bridgehead atoms. The van der Waals surface area contributed by atoms with Crippen LogP contribution in [0.15, 0.2) is 48.9 Å². The van der Waals surface area contributed by atoms with Gasteiger partial charge in [-0.25, -0.2) is 18.2 Å². The van der Waals surface area contributed by atoms with Gasteiger partial charge in [-0.05, 0) is 63.3 Å². The molecule has 192 valence electrons. The molecule has 0 unspecified atom stereocenters. The summed E-state index contributed by atoms with van der Waals surface area (Å²) in [5.41, 5.74) is 2.80. The Kier molecular flexibility index (Phi) is 6.28. The molecule has 0 saturated carbocycles. The largest absolute Gasteiger partial charge is 0.346 e. The number of hydrogen-bond acceptors (Lipinski definition) is 5. The highest BCUT2D eigenvalue weighted by molar-refractivity contribution is 6.34. The maximum atomic E-state index is 14.6. The van der Waals surface area contributed by atoms with Crippen molar-refractivity contribution >= 4 is 28.5 Å². The van der Waals surface area contributed by atoms with E-state index in [4.69, 9.17) is 16.6 Å². The van der Waals surface area contributed by atoms with E-state index in [1.54, 1.807) is 29.4 Å². The van der Waals surface area contributed by atoms with Gasteiger partial charge in [0.05, 0.1) is 35.4 Å². The van der Waals surface area contributed by atoms with E-state index >= 15 is 0 Å². The molecule has 10 heteroatoms. The van der Waals surface area contributed by atoms with E-state index < -0.39 is 23.8 Å². The molecule has 0 radical (unpaired) electrons. The summed E-state index contributed by atoms with van der Waals surface area (Å²) in [7, 11) is 2.12. The van der Waals surface area contributed by atoms with Gasteiger partial charge in [-0.15, -0.1) is 0 Å². The number of anilines is 1. The van der Waals surface area contributed by atoms with E-state index in [1.807, 2.05) is 10.9 Å². The fraction of sp³-hybridized carbons (Fsp3) is 0.370. The molecule has 0 spiro atoms. The summed E-state index contributed by atoms with van der Waals surface area (Å²) in [4.78, 5) is 13.3. The SMILES string of the molecule is CN1CCC(n2cc(-c3c(Cl)cnc4ccc(N5C[C@@H](F)C[C@@H]5c5cc(F)ccc5F)nc34)cn2)CC1. The lowest BCUT2D eigenvalue weighted by Crippen LogP contribution is -2.31. The molecule has 2 fully saturated rings. The second kappa shape index (κ2) is 9.61. The van der Waals surface area contributed by atoms with Gasteiger partial charge >= 0.3 is 0 Å². The lowest BCUT2D eigenvalue weighted by atomic mass is 10.0. The Labute approximate surface area is 217 Å². The molecule has 1 aromatic carbocycles. The van der Waals surface area contributed by atoms with Crippen LogP contribution in [0.2, 0.25) is 5.02 Å². The Morgan fingerprint density at radius 1 is 1.05 bits per heavy atom. The molecule has 5 heterocycles. The zero-order valence-corrected chi connectivity index (χ0v) is 21.0. The molecule has 37 heavy (non-hydrogen) atoms. The molecular formula is C27H26ClF3N6. The molecule has 2 aliphatic heterocycles. The summed E-state index contributed by atoms with van der Waals surface area (Å²) < 4.78 is 45.2. The van der Waals surface area contributed by atoms with Gasteiger partial charge in [0.2, 0.25) is 0 Å². The van der Waals surface area contributed by atoms with E-state index in [0.717, 1.165) is 49.7 Å². The van der Waals surface area contributed by atoms with Crippen LogP contribution in [0.5, 0.6) is 0 Å².